The SMILES string of the molecule is CCC1(O)CN(c2ccc(C(=O)N(C)[C@@H](C)CCCc3nc4c5cc(F)cc(F)c5nc(N)n4n3)cn2)C1. The number of aryl methyl sites for hydroxylation is 1. The van der Waals surface area contributed by atoms with E-state index in [0.29, 0.717) is 50.2 Å². The van der Waals surface area contributed by atoms with E-state index < -0.39 is 17.2 Å². The van der Waals surface area contributed by atoms with Gasteiger partial charge in [-0.05, 0) is 44.4 Å². The molecule has 200 valence electrons. The number of carbonyl (C=O) groups excluding carboxylic acids is 1. The zero-order chi connectivity index (χ0) is 27.2. The smallest absolute Gasteiger partial charge is 0.255 e. The maximum atomic E-state index is 14.2. The lowest BCUT2D eigenvalue weighted by atomic mass is 9.91. The zero-order valence-corrected chi connectivity index (χ0v) is 21.5. The van der Waals surface area contributed by atoms with Crippen LogP contribution in [-0.2, 0) is 6.42 Å². The van der Waals surface area contributed by atoms with Crippen LogP contribution in [0.25, 0.3) is 16.6 Å². The highest BCUT2D eigenvalue weighted by Crippen LogP contribution is 2.29. The standard InChI is InChI=1S/C26H30F2N8O2/c1-4-26(38)13-35(14-26)21-9-8-16(12-30-21)24(37)34(3)15(2)6-5-7-20-31-23-18-10-17(27)11-19(28)22(18)32-25(29)36(23)33-20/h8-12,15,38H,4-7,13-14H2,1-3H3,(H2,29,32)/t15-/m0/s1. The number of anilines is 2. The third-order valence-electron chi connectivity index (χ3n) is 7.31. The molecule has 1 aliphatic heterocycles. The van der Waals surface area contributed by atoms with Crippen molar-refractivity contribution in [3.63, 3.8) is 0 Å². The number of amides is 1. The van der Waals surface area contributed by atoms with E-state index in [1.807, 2.05) is 18.7 Å². The van der Waals surface area contributed by atoms with Gasteiger partial charge in [-0.2, -0.15) is 4.52 Å². The molecule has 0 spiro atoms. The van der Waals surface area contributed by atoms with Crippen molar-refractivity contribution in [2.24, 2.45) is 0 Å². The first-order chi connectivity index (χ1) is 18.1. The monoisotopic (exact) mass is 524 g/mol. The second-order valence-electron chi connectivity index (χ2n) is 10.0. The van der Waals surface area contributed by atoms with Gasteiger partial charge in [-0.25, -0.2) is 23.7 Å². The molecule has 4 heterocycles. The summed E-state index contributed by atoms with van der Waals surface area (Å²) >= 11 is 0. The lowest BCUT2D eigenvalue weighted by molar-refractivity contribution is 0.00805. The van der Waals surface area contributed by atoms with Crippen LogP contribution >= 0.6 is 0 Å². The predicted molar refractivity (Wildman–Crippen MR) is 139 cm³/mol. The molecule has 4 aromatic rings. The Bertz CT molecular complexity index is 1500. The van der Waals surface area contributed by atoms with Crippen molar-refractivity contribution in [2.45, 2.75) is 51.2 Å². The molecule has 0 radical (unpaired) electrons. The first-order valence-corrected chi connectivity index (χ1v) is 12.6. The lowest BCUT2D eigenvalue weighted by Crippen LogP contribution is -2.61. The molecule has 0 bridgehead atoms. The molecule has 1 fully saturated rings. The summed E-state index contributed by atoms with van der Waals surface area (Å²) in [7, 11) is 1.75. The summed E-state index contributed by atoms with van der Waals surface area (Å²) < 4.78 is 29.3. The van der Waals surface area contributed by atoms with Crippen molar-refractivity contribution in [3.05, 3.63) is 53.5 Å². The maximum absolute atomic E-state index is 14.2. The number of aliphatic hydroxyl groups is 1. The summed E-state index contributed by atoms with van der Waals surface area (Å²) in [5.41, 5.74) is 5.95. The summed E-state index contributed by atoms with van der Waals surface area (Å²) in [5, 5.41) is 14.8. The third kappa shape index (κ3) is 4.71. The van der Waals surface area contributed by atoms with Gasteiger partial charge < -0.3 is 20.6 Å². The largest absolute Gasteiger partial charge is 0.386 e. The Morgan fingerprint density at radius 1 is 1.26 bits per heavy atom. The van der Waals surface area contributed by atoms with Crippen LogP contribution in [0, 0.1) is 11.6 Å². The topological polar surface area (TPSA) is 126 Å². The van der Waals surface area contributed by atoms with Crippen molar-refractivity contribution in [3.8, 4) is 0 Å². The van der Waals surface area contributed by atoms with Gasteiger partial charge in [-0.15, -0.1) is 5.10 Å². The number of aromatic nitrogens is 5. The number of nitrogens with two attached hydrogens (primary N) is 1. The van der Waals surface area contributed by atoms with Gasteiger partial charge in [0.2, 0.25) is 5.95 Å². The fraction of sp³-hybridized carbons (Fsp3) is 0.423. The summed E-state index contributed by atoms with van der Waals surface area (Å²) in [6.07, 6.45) is 4.11. The first-order valence-electron chi connectivity index (χ1n) is 12.6. The number of pyridine rings is 1. The minimum absolute atomic E-state index is 0.0368. The average Bonchev–Trinajstić information content (AvgIpc) is 3.32. The molecule has 0 unspecified atom stereocenters. The fourth-order valence-electron chi connectivity index (χ4n) is 4.71. The number of rotatable bonds is 8. The number of nitrogens with zero attached hydrogens (tertiary/aromatic N) is 7. The van der Waals surface area contributed by atoms with E-state index >= 15 is 0 Å². The molecule has 38 heavy (non-hydrogen) atoms. The van der Waals surface area contributed by atoms with Crippen molar-refractivity contribution < 1.29 is 18.7 Å². The second kappa shape index (κ2) is 9.75. The molecule has 5 rings (SSSR count). The Labute approximate surface area is 218 Å². The Morgan fingerprint density at radius 3 is 2.71 bits per heavy atom. The van der Waals surface area contributed by atoms with Crippen molar-refractivity contribution in [2.75, 3.05) is 30.8 Å². The molecule has 0 aliphatic carbocycles. The lowest BCUT2D eigenvalue weighted by Gasteiger charge is -2.46. The number of carbonyl (C=O) groups is 1. The molecule has 1 saturated heterocycles. The summed E-state index contributed by atoms with van der Waals surface area (Å²) in [4.78, 5) is 29.5. The van der Waals surface area contributed by atoms with Gasteiger partial charge in [-0.1, -0.05) is 6.92 Å². The maximum Gasteiger partial charge on any atom is 0.255 e. The number of fused-ring (bicyclic) bond motifs is 3. The van der Waals surface area contributed by atoms with Gasteiger partial charge in [-0.3, -0.25) is 4.79 Å². The predicted octanol–water partition coefficient (Wildman–Crippen LogP) is 2.98. The highest BCUT2D eigenvalue weighted by molar-refractivity contribution is 5.94. The zero-order valence-electron chi connectivity index (χ0n) is 21.5. The Morgan fingerprint density at radius 2 is 2.03 bits per heavy atom. The van der Waals surface area contributed by atoms with Gasteiger partial charge >= 0.3 is 0 Å². The normalized spacial score (nSPS) is 15.6. The molecule has 3 N–H and O–H groups in total. The van der Waals surface area contributed by atoms with Crippen LogP contribution in [0.5, 0.6) is 0 Å². The van der Waals surface area contributed by atoms with Crippen LogP contribution in [-0.4, -0.2) is 72.3 Å². The highest BCUT2D eigenvalue weighted by atomic mass is 19.1. The number of nitrogen functional groups attached to an aromatic ring is 1. The number of β-amino-alcohol motifs (C(OH)–C–C–N with tert-alkyl or cyclic N) is 1. The van der Waals surface area contributed by atoms with E-state index in [1.54, 1.807) is 30.3 Å². The Hall–Kier alpha value is -3.93. The number of hydrogen-bond acceptors (Lipinski definition) is 8. The quantitative estimate of drug-likeness (QED) is 0.360. The van der Waals surface area contributed by atoms with Crippen LogP contribution in [0.1, 0.15) is 49.3 Å². The minimum Gasteiger partial charge on any atom is -0.386 e. The Balaban J connectivity index is 1.20. The fourth-order valence-corrected chi connectivity index (χ4v) is 4.71. The summed E-state index contributed by atoms with van der Waals surface area (Å²) in [6.45, 7) is 4.99. The molecular weight excluding hydrogens is 494 g/mol. The second-order valence-corrected chi connectivity index (χ2v) is 10.0. The molecule has 10 nitrogen and oxygen atoms in total. The van der Waals surface area contributed by atoms with Crippen molar-refractivity contribution in [1.29, 1.82) is 0 Å². The highest BCUT2D eigenvalue weighted by Gasteiger charge is 2.40. The van der Waals surface area contributed by atoms with E-state index in [4.69, 9.17) is 5.73 Å². The first kappa shape index (κ1) is 25.7. The van der Waals surface area contributed by atoms with Crippen LogP contribution in [0.2, 0.25) is 0 Å². The third-order valence-corrected chi connectivity index (χ3v) is 7.31. The molecule has 0 saturated carbocycles. The van der Waals surface area contributed by atoms with E-state index in [9.17, 15) is 18.7 Å². The van der Waals surface area contributed by atoms with Gasteiger partial charge in [0.25, 0.3) is 5.91 Å². The molecule has 12 heteroatoms. The van der Waals surface area contributed by atoms with E-state index in [1.165, 1.54) is 4.52 Å². The van der Waals surface area contributed by atoms with E-state index in [-0.39, 0.29) is 34.4 Å². The minimum atomic E-state index is -0.811. The van der Waals surface area contributed by atoms with Crippen molar-refractivity contribution in [1.82, 2.24) is 29.5 Å². The molecule has 1 aromatic carbocycles. The van der Waals surface area contributed by atoms with Gasteiger partial charge in [0.05, 0.1) is 16.6 Å². The van der Waals surface area contributed by atoms with Crippen LogP contribution in [0.4, 0.5) is 20.5 Å². The average molecular weight is 525 g/mol. The number of benzene rings is 1. The summed E-state index contributed by atoms with van der Waals surface area (Å²) in [6, 6.07) is 5.41. The molecule has 3 aromatic heterocycles. The van der Waals surface area contributed by atoms with Crippen LogP contribution < -0.4 is 10.6 Å². The molecular formula is C26H30F2N8O2. The van der Waals surface area contributed by atoms with Gasteiger partial charge in [0.1, 0.15) is 17.2 Å². The van der Waals surface area contributed by atoms with Gasteiger partial charge in [0, 0.05) is 44.9 Å². The van der Waals surface area contributed by atoms with Gasteiger partial charge in [0.15, 0.2) is 17.3 Å². The van der Waals surface area contributed by atoms with Crippen LogP contribution in [0.3, 0.4) is 0 Å². The number of halogens is 2. The molecule has 1 aliphatic rings. The summed E-state index contributed by atoms with van der Waals surface area (Å²) in [5.74, 6) is -0.504. The molecule has 1 amide bonds. The van der Waals surface area contributed by atoms with Crippen molar-refractivity contribution >= 4 is 34.2 Å². The molecule has 1 atom stereocenters. The Kier molecular flexibility index (Phi) is 6.59. The van der Waals surface area contributed by atoms with E-state index in [0.717, 1.165) is 18.0 Å². The number of hydrogen-bond donors (Lipinski definition) is 2. The van der Waals surface area contributed by atoms with E-state index in [2.05, 4.69) is 20.1 Å². The van der Waals surface area contributed by atoms with Crippen LogP contribution in [0.15, 0.2) is 30.5 Å².